The molecule has 0 aliphatic carbocycles. The Morgan fingerprint density at radius 3 is 2.30 bits per heavy atom. The minimum Gasteiger partial charge on any atom is -0.278 e. The van der Waals surface area contributed by atoms with Crippen molar-refractivity contribution < 1.29 is 8.42 Å². The van der Waals surface area contributed by atoms with Crippen LogP contribution >= 0.6 is 11.6 Å². The van der Waals surface area contributed by atoms with Gasteiger partial charge in [0.25, 0.3) is 10.0 Å². The second kappa shape index (κ2) is 7.37. The predicted octanol–water partition coefficient (Wildman–Crippen LogP) is 4.68. The molecule has 0 aliphatic rings. The van der Waals surface area contributed by atoms with Crippen LogP contribution in [0.1, 0.15) is 32.0 Å². The number of sulfonamides is 1. The van der Waals surface area contributed by atoms with E-state index in [9.17, 15) is 8.42 Å². The van der Waals surface area contributed by atoms with Gasteiger partial charge < -0.3 is 0 Å². The Morgan fingerprint density at radius 1 is 1.04 bits per heavy atom. The molecule has 2 aromatic carbocycles. The van der Waals surface area contributed by atoms with E-state index < -0.39 is 15.4 Å². The first-order valence-corrected chi connectivity index (χ1v) is 10.4. The molecule has 0 unspecified atom stereocenters. The SMILES string of the molecule is CC(C)(C)c1nn(Cc2ccccc2)cc1S(=O)(=O)Nc1ccccc1Cl. The quantitative estimate of drug-likeness (QED) is 0.672. The van der Waals surface area contributed by atoms with E-state index in [0.29, 0.717) is 22.9 Å². The summed E-state index contributed by atoms with van der Waals surface area (Å²) in [5.41, 5.74) is 1.46. The molecule has 0 saturated carbocycles. The number of anilines is 1. The smallest absolute Gasteiger partial charge is 0.265 e. The van der Waals surface area contributed by atoms with Crippen LogP contribution in [0.5, 0.6) is 0 Å². The third kappa shape index (κ3) is 4.51. The van der Waals surface area contributed by atoms with E-state index >= 15 is 0 Å². The summed E-state index contributed by atoms with van der Waals surface area (Å²) in [5.74, 6) is 0. The van der Waals surface area contributed by atoms with E-state index in [1.165, 1.54) is 0 Å². The van der Waals surface area contributed by atoms with Crippen molar-refractivity contribution in [2.24, 2.45) is 0 Å². The summed E-state index contributed by atoms with van der Waals surface area (Å²) in [5, 5.41) is 4.91. The van der Waals surface area contributed by atoms with Gasteiger partial charge in [-0.1, -0.05) is 74.8 Å². The standard InChI is InChI=1S/C20H22ClN3O2S/c1-20(2,3)19-18(14-24(22-19)13-15-9-5-4-6-10-15)27(25,26)23-17-12-8-7-11-16(17)21/h4-12,14,23H,13H2,1-3H3. The van der Waals surface area contributed by atoms with Gasteiger partial charge in [-0.2, -0.15) is 5.10 Å². The summed E-state index contributed by atoms with van der Waals surface area (Å²) in [7, 11) is -3.84. The minimum absolute atomic E-state index is 0.158. The van der Waals surface area contributed by atoms with E-state index in [0.717, 1.165) is 5.56 Å². The zero-order valence-corrected chi connectivity index (χ0v) is 17.1. The zero-order valence-electron chi connectivity index (χ0n) is 15.5. The van der Waals surface area contributed by atoms with Crippen LogP contribution < -0.4 is 4.72 Å². The summed E-state index contributed by atoms with van der Waals surface area (Å²) in [6.45, 7) is 6.32. The number of aromatic nitrogens is 2. The molecule has 3 rings (SSSR count). The zero-order chi connectivity index (χ0) is 19.7. The van der Waals surface area contributed by atoms with Crippen molar-refractivity contribution in [3.8, 4) is 0 Å². The maximum absolute atomic E-state index is 13.1. The van der Waals surface area contributed by atoms with Crippen molar-refractivity contribution >= 4 is 27.3 Å². The lowest BCUT2D eigenvalue weighted by Gasteiger charge is -2.18. The number of hydrogen-bond donors (Lipinski definition) is 1. The molecule has 0 saturated heterocycles. The highest BCUT2D eigenvalue weighted by molar-refractivity contribution is 7.92. The molecule has 0 fully saturated rings. The largest absolute Gasteiger partial charge is 0.278 e. The molecule has 142 valence electrons. The average Bonchev–Trinajstić information content (AvgIpc) is 3.03. The maximum Gasteiger partial charge on any atom is 0.265 e. The van der Waals surface area contributed by atoms with E-state index in [-0.39, 0.29) is 4.90 Å². The molecule has 3 aromatic rings. The molecule has 0 bridgehead atoms. The fourth-order valence-electron chi connectivity index (χ4n) is 2.71. The lowest BCUT2D eigenvalue weighted by molar-refractivity contribution is 0.533. The van der Waals surface area contributed by atoms with E-state index in [1.807, 2.05) is 51.1 Å². The normalized spacial score (nSPS) is 12.1. The van der Waals surface area contributed by atoms with Crippen molar-refractivity contribution in [1.29, 1.82) is 0 Å². The molecule has 7 heteroatoms. The second-order valence-electron chi connectivity index (χ2n) is 7.36. The topological polar surface area (TPSA) is 64.0 Å². The second-order valence-corrected chi connectivity index (χ2v) is 9.42. The number of nitrogens with zero attached hydrogens (tertiary/aromatic N) is 2. The summed E-state index contributed by atoms with van der Waals surface area (Å²) in [6.07, 6.45) is 1.58. The lowest BCUT2D eigenvalue weighted by Crippen LogP contribution is -2.20. The molecule has 0 atom stereocenters. The van der Waals surface area contributed by atoms with Crippen molar-refractivity contribution in [3.63, 3.8) is 0 Å². The minimum atomic E-state index is -3.84. The number of rotatable bonds is 5. The van der Waals surface area contributed by atoms with Gasteiger partial charge in [-0.3, -0.25) is 9.40 Å². The van der Waals surface area contributed by atoms with Crippen LogP contribution in [0.15, 0.2) is 65.7 Å². The van der Waals surface area contributed by atoms with Crippen LogP contribution in [0, 0.1) is 0 Å². The van der Waals surface area contributed by atoms with Crippen LogP contribution in [0.3, 0.4) is 0 Å². The van der Waals surface area contributed by atoms with Gasteiger partial charge in [0.15, 0.2) is 0 Å². The van der Waals surface area contributed by atoms with Gasteiger partial charge in [-0.25, -0.2) is 8.42 Å². The first-order chi connectivity index (χ1) is 12.7. The summed E-state index contributed by atoms with van der Waals surface area (Å²) < 4.78 is 30.4. The molecule has 0 spiro atoms. The first kappa shape index (κ1) is 19.5. The Bertz CT molecular complexity index is 1040. The molecule has 0 radical (unpaired) electrons. The molecule has 27 heavy (non-hydrogen) atoms. The Morgan fingerprint density at radius 2 is 1.67 bits per heavy atom. The highest BCUT2D eigenvalue weighted by atomic mass is 35.5. The Labute approximate surface area is 165 Å². The van der Waals surface area contributed by atoms with Crippen LogP contribution in [0.4, 0.5) is 5.69 Å². The number of benzene rings is 2. The molecular weight excluding hydrogens is 382 g/mol. The van der Waals surface area contributed by atoms with E-state index in [1.54, 1.807) is 35.1 Å². The van der Waals surface area contributed by atoms with E-state index in [2.05, 4.69) is 9.82 Å². The maximum atomic E-state index is 13.1. The summed E-state index contributed by atoms with van der Waals surface area (Å²) in [6, 6.07) is 16.5. The third-order valence-electron chi connectivity index (χ3n) is 4.03. The van der Waals surface area contributed by atoms with Gasteiger partial charge in [0.1, 0.15) is 4.90 Å². The van der Waals surface area contributed by atoms with Gasteiger partial charge in [0, 0.05) is 11.6 Å². The fourth-order valence-corrected chi connectivity index (χ4v) is 4.39. The number of hydrogen-bond acceptors (Lipinski definition) is 3. The first-order valence-electron chi connectivity index (χ1n) is 8.56. The molecule has 0 aliphatic heterocycles. The van der Waals surface area contributed by atoms with Crippen molar-refractivity contribution in [2.45, 2.75) is 37.6 Å². The van der Waals surface area contributed by atoms with Gasteiger partial charge in [-0.05, 0) is 17.7 Å². The van der Waals surface area contributed by atoms with E-state index in [4.69, 9.17) is 11.6 Å². The molecule has 1 aromatic heterocycles. The van der Waals surface area contributed by atoms with Crippen molar-refractivity contribution in [2.75, 3.05) is 4.72 Å². The van der Waals surface area contributed by atoms with Crippen LogP contribution in [0.25, 0.3) is 0 Å². The van der Waals surface area contributed by atoms with Crippen molar-refractivity contribution in [1.82, 2.24) is 9.78 Å². The van der Waals surface area contributed by atoms with Crippen LogP contribution in [0.2, 0.25) is 5.02 Å². The molecule has 5 nitrogen and oxygen atoms in total. The molecule has 1 heterocycles. The van der Waals surface area contributed by atoms with Crippen LogP contribution in [-0.4, -0.2) is 18.2 Å². The molecule has 1 N–H and O–H groups in total. The van der Waals surface area contributed by atoms with Gasteiger partial charge in [-0.15, -0.1) is 0 Å². The van der Waals surface area contributed by atoms with Gasteiger partial charge in [0.05, 0.1) is 22.9 Å². The monoisotopic (exact) mass is 403 g/mol. The lowest BCUT2D eigenvalue weighted by atomic mass is 9.92. The molecule has 0 amide bonds. The number of nitrogens with one attached hydrogen (secondary N) is 1. The predicted molar refractivity (Wildman–Crippen MR) is 109 cm³/mol. The summed E-state index contributed by atoms with van der Waals surface area (Å²) in [4.78, 5) is 0.158. The Hall–Kier alpha value is -2.31. The fraction of sp³-hybridized carbons (Fsp3) is 0.250. The van der Waals surface area contributed by atoms with Gasteiger partial charge >= 0.3 is 0 Å². The average molecular weight is 404 g/mol. The third-order valence-corrected chi connectivity index (χ3v) is 5.73. The van der Waals surface area contributed by atoms with Crippen molar-refractivity contribution in [3.05, 3.63) is 77.1 Å². The van der Waals surface area contributed by atoms with Gasteiger partial charge in [0.2, 0.25) is 0 Å². The highest BCUT2D eigenvalue weighted by Gasteiger charge is 2.30. The highest BCUT2D eigenvalue weighted by Crippen LogP contribution is 2.30. The number of para-hydroxylation sites is 1. The van der Waals surface area contributed by atoms with Crippen LogP contribution in [-0.2, 0) is 22.0 Å². The molecular formula is C20H22ClN3O2S. The summed E-state index contributed by atoms with van der Waals surface area (Å²) >= 11 is 6.11. The Balaban J connectivity index is 2.01. The Kier molecular flexibility index (Phi) is 5.31. The number of halogens is 1.